The quantitative estimate of drug-likeness (QED) is 0.648. The van der Waals surface area contributed by atoms with E-state index in [0.29, 0.717) is 12.7 Å². The van der Waals surface area contributed by atoms with Gasteiger partial charge in [-0.25, -0.2) is 4.99 Å². The molecule has 1 aliphatic carbocycles. The van der Waals surface area contributed by atoms with Gasteiger partial charge in [0.25, 0.3) is 0 Å². The van der Waals surface area contributed by atoms with Crippen molar-refractivity contribution in [2.24, 2.45) is 15.2 Å². The van der Waals surface area contributed by atoms with Gasteiger partial charge in [0, 0.05) is 13.0 Å². The molecule has 1 heterocycles. The average Bonchev–Trinajstić information content (AvgIpc) is 2.71. The van der Waals surface area contributed by atoms with E-state index in [1.54, 1.807) is 6.92 Å². The number of carbonyl (C=O) groups is 1. The van der Waals surface area contributed by atoms with Crippen LogP contribution in [0.2, 0.25) is 0 Å². The molecule has 0 spiro atoms. The minimum absolute atomic E-state index is 0.0995. The molecule has 0 aromatic carbocycles. The molecular formula is C8H14N4O. The van der Waals surface area contributed by atoms with E-state index in [4.69, 9.17) is 0 Å². The van der Waals surface area contributed by atoms with Crippen LogP contribution in [0.3, 0.4) is 0 Å². The minimum Gasteiger partial charge on any atom is -0.354 e. The van der Waals surface area contributed by atoms with Crippen molar-refractivity contribution in [3.8, 4) is 0 Å². The summed E-state index contributed by atoms with van der Waals surface area (Å²) in [6, 6.07) is 0.525. The molecule has 72 valence electrons. The van der Waals surface area contributed by atoms with Crippen LogP contribution < -0.4 is 5.32 Å². The third-order valence-corrected chi connectivity index (χ3v) is 1.56. The molecule has 0 bridgehead atoms. The first kappa shape index (κ1) is 9.83. The number of hydrogen-bond donors (Lipinski definition) is 1. The third kappa shape index (κ3) is 5.05. The van der Waals surface area contributed by atoms with E-state index in [-0.39, 0.29) is 5.91 Å². The van der Waals surface area contributed by atoms with Crippen molar-refractivity contribution >= 4 is 11.7 Å². The van der Waals surface area contributed by atoms with E-state index < -0.39 is 0 Å². The predicted octanol–water partition coefficient (Wildman–Crippen LogP) is 1.11. The highest BCUT2D eigenvalue weighted by molar-refractivity contribution is 5.80. The molecule has 5 heteroatoms. The van der Waals surface area contributed by atoms with E-state index in [0.717, 1.165) is 5.84 Å². The van der Waals surface area contributed by atoms with Gasteiger partial charge >= 0.3 is 0 Å². The number of azo groups is 1. The first-order valence-corrected chi connectivity index (χ1v) is 4.34. The lowest BCUT2D eigenvalue weighted by Gasteiger charge is -1.91. The highest BCUT2D eigenvalue weighted by atomic mass is 16.1. The molecule has 1 saturated carbocycles. The molecule has 0 aromatic heterocycles. The molecular weight excluding hydrogens is 168 g/mol. The van der Waals surface area contributed by atoms with Crippen LogP contribution in [0, 0.1) is 0 Å². The molecule has 5 nitrogen and oxygen atoms in total. The monoisotopic (exact) mass is 182 g/mol. The van der Waals surface area contributed by atoms with Crippen LogP contribution in [0.1, 0.15) is 26.7 Å². The fourth-order valence-electron chi connectivity index (χ4n) is 0.815. The summed E-state index contributed by atoms with van der Waals surface area (Å²) < 4.78 is 0. The van der Waals surface area contributed by atoms with Crippen molar-refractivity contribution in [2.75, 3.05) is 6.67 Å². The number of nitrogens with one attached hydrogen (secondary N) is 1. The molecule has 1 fully saturated rings. The van der Waals surface area contributed by atoms with Crippen LogP contribution in [-0.4, -0.2) is 24.5 Å². The molecule has 13 heavy (non-hydrogen) atoms. The zero-order chi connectivity index (χ0) is 9.68. The van der Waals surface area contributed by atoms with Gasteiger partial charge in [0.05, 0.1) is 0 Å². The summed E-state index contributed by atoms with van der Waals surface area (Å²) in [5.74, 6) is 0.887. The number of carbonyl (C=O) groups excluding carboxylic acids is 1. The zero-order valence-electron chi connectivity index (χ0n) is 7.95. The van der Waals surface area contributed by atoms with Crippen molar-refractivity contribution in [3.63, 3.8) is 0 Å². The normalized spacial score (nSPS) is 18.8. The second-order valence-corrected chi connectivity index (χ2v) is 3.06. The molecule has 2 rings (SSSR count). The average molecular weight is 182 g/mol. The Kier molecular flexibility index (Phi) is 3.54. The number of hydrogen-bond acceptors (Lipinski definition) is 4. The number of amidine groups is 1. The largest absolute Gasteiger partial charge is 0.354 e. The summed E-state index contributed by atoms with van der Waals surface area (Å²) in [5, 5.41) is 9.97. The van der Waals surface area contributed by atoms with Crippen molar-refractivity contribution in [1.82, 2.24) is 5.32 Å². The van der Waals surface area contributed by atoms with E-state index in [2.05, 4.69) is 20.5 Å². The Bertz CT molecular complexity index is 240. The standard InChI is InChI=1S/C5H9NO.C3H5N3/c1-4(7)6-5-2-3-5;1-3-4-2-5-6-3/h5H,2-3H2,1H3,(H,6,7);2H2,1H3. The van der Waals surface area contributed by atoms with Gasteiger partial charge in [-0.15, -0.1) is 5.11 Å². The second-order valence-electron chi connectivity index (χ2n) is 3.06. The summed E-state index contributed by atoms with van der Waals surface area (Å²) in [7, 11) is 0. The van der Waals surface area contributed by atoms with Crippen molar-refractivity contribution < 1.29 is 4.79 Å². The number of amides is 1. The molecule has 0 aromatic rings. The summed E-state index contributed by atoms with van der Waals surface area (Å²) in [6.45, 7) is 3.92. The summed E-state index contributed by atoms with van der Waals surface area (Å²) >= 11 is 0. The fourth-order valence-corrected chi connectivity index (χ4v) is 0.815. The highest BCUT2D eigenvalue weighted by Gasteiger charge is 2.21. The molecule has 2 aliphatic rings. The first-order chi connectivity index (χ1) is 6.18. The number of aliphatic imine (C=N–C) groups is 1. The molecule has 1 aliphatic heterocycles. The van der Waals surface area contributed by atoms with E-state index in [1.165, 1.54) is 12.8 Å². The smallest absolute Gasteiger partial charge is 0.217 e. The molecule has 1 N–H and O–H groups in total. The van der Waals surface area contributed by atoms with Crippen molar-refractivity contribution in [2.45, 2.75) is 32.7 Å². The van der Waals surface area contributed by atoms with Crippen LogP contribution in [-0.2, 0) is 4.79 Å². The van der Waals surface area contributed by atoms with Crippen LogP contribution in [0.25, 0.3) is 0 Å². The van der Waals surface area contributed by atoms with Crippen molar-refractivity contribution in [3.05, 3.63) is 0 Å². The van der Waals surface area contributed by atoms with Gasteiger partial charge in [-0.1, -0.05) is 0 Å². The van der Waals surface area contributed by atoms with Crippen LogP contribution in [0.15, 0.2) is 15.2 Å². The Morgan fingerprint density at radius 1 is 1.54 bits per heavy atom. The first-order valence-electron chi connectivity index (χ1n) is 4.34. The van der Waals surface area contributed by atoms with Crippen molar-refractivity contribution in [1.29, 1.82) is 0 Å². The molecule has 0 saturated heterocycles. The molecule has 0 radical (unpaired) electrons. The lowest BCUT2D eigenvalue weighted by Crippen LogP contribution is -2.21. The maximum absolute atomic E-state index is 10.2. The Labute approximate surface area is 77.3 Å². The van der Waals surface area contributed by atoms with Gasteiger partial charge in [0.15, 0.2) is 6.67 Å². The van der Waals surface area contributed by atoms with Crippen LogP contribution in [0.5, 0.6) is 0 Å². The molecule has 1 amide bonds. The fraction of sp³-hybridized carbons (Fsp3) is 0.750. The lowest BCUT2D eigenvalue weighted by molar-refractivity contribution is -0.119. The third-order valence-electron chi connectivity index (χ3n) is 1.56. The summed E-state index contributed by atoms with van der Waals surface area (Å²) in [5.41, 5.74) is 0. The van der Waals surface area contributed by atoms with Gasteiger partial charge in [0.1, 0.15) is 5.84 Å². The number of rotatable bonds is 1. The van der Waals surface area contributed by atoms with Gasteiger partial charge in [-0.2, -0.15) is 5.11 Å². The second kappa shape index (κ2) is 4.69. The SMILES string of the molecule is CC(=O)NC1CC1.CC1=NCN=N1. The molecule has 0 atom stereocenters. The molecule has 0 unspecified atom stereocenters. The van der Waals surface area contributed by atoms with Gasteiger partial charge in [-0.05, 0) is 19.8 Å². The topological polar surface area (TPSA) is 66.2 Å². The maximum atomic E-state index is 10.2. The Morgan fingerprint density at radius 2 is 2.23 bits per heavy atom. The minimum atomic E-state index is 0.0995. The van der Waals surface area contributed by atoms with Gasteiger partial charge < -0.3 is 5.32 Å². The van der Waals surface area contributed by atoms with Gasteiger partial charge in [-0.3, -0.25) is 4.79 Å². The van der Waals surface area contributed by atoms with Crippen LogP contribution in [0.4, 0.5) is 0 Å². The summed E-state index contributed by atoms with van der Waals surface area (Å²) in [6.07, 6.45) is 2.36. The Morgan fingerprint density at radius 3 is 2.38 bits per heavy atom. The number of nitrogens with zero attached hydrogens (tertiary/aromatic N) is 3. The van der Waals surface area contributed by atoms with Gasteiger partial charge in [0.2, 0.25) is 5.91 Å². The Balaban J connectivity index is 0.000000132. The van der Waals surface area contributed by atoms with E-state index in [9.17, 15) is 4.79 Å². The Hall–Kier alpha value is -1.26. The summed E-state index contributed by atoms with van der Waals surface area (Å²) in [4.78, 5) is 14.0. The zero-order valence-corrected chi connectivity index (χ0v) is 7.95. The van der Waals surface area contributed by atoms with E-state index >= 15 is 0 Å². The maximum Gasteiger partial charge on any atom is 0.217 e. The predicted molar refractivity (Wildman–Crippen MR) is 49.7 cm³/mol. The van der Waals surface area contributed by atoms with Crippen LogP contribution >= 0.6 is 0 Å². The lowest BCUT2D eigenvalue weighted by atomic mass is 10.6. The van der Waals surface area contributed by atoms with E-state index in [1.807, 2.05) is 6.92 Å². The highest BCUT2D eigenvalue weighted by Crippen LogP contribution is 2.17.